The maximum absolute atomic E-state index is 6.11. The lowest BCUT2D eigenvalue weighted by molar-refractivity contribution is 0.253. The second-order valence-electron chi connectivity index (χ2n) is 4.33. The van der Waals surface area contributed by atoms with E-state index in [1.54, 1.807) is 4.52 Å². The summed E-state index contributed by atoms with van der Waals surface area (Å²) >= 11 is 0. The summed E-state index contributed by atoms with van der Waals surface area (Å²) in [5.41, 5.74) is 7.75. The van der Waals surface area contributed by atoms with Crippen LogP contribution in [0.25, 0.3) is 5.52 Å². The van der Waals surface area contributed by atoms with E-state index in [4.69, 9.17) is 5.73 Å². The van der Waals surface area contributed by atoms with Gasteiger partial charge >= 0.3 is 0 Å². The van der Waals surface area contributed by atoms with Crippen LogP contribution in [0.15, 0.2) is 24.4 Å². The summed E-state index contributed by atoms with van der Waals surface area (Å²) in [6.45, 7) is 8.41. The number of pyridine rings is 1. The summed E-state index contributed by atoms with van der Waals surface area (Å²) in [6, 6.07) is 5.87. The van der Waals surface area contributed by atoms with Crippen molar-refractivity contribution in [1.82, 2.24) is 14.5 Å². The van der Waals surface area contributed by atoms with Crippen molar-refractivity contribution in [3.8, 4) is 0 Å². The minimum atomic E-state index is 0.215. The minimum Gasteiger partial charge on any atom is -0.394 e. The quantitative estimate of drug-likeness (QED) is 0.794. The number of nitrogens with one attached hydrogen (secondary N) is 1. The third-order valence-corrected chi connectivity index (χ3v) is 3.28. The van der Waals surface area contributed by atoms with E-state index >= 15 is 0 Å². The summed E-state index contributed by atoms with van der Waals surface area (Å²) in [5.74, 6) is 0.751. The van der Waals surface area contributed by atoms with Gasteiger partial charge in [0.2, 0.25) is 0 Å². The highest BCUT2D eigenvalue weighted by Gasteiger charge is 2.14. The monoisotopic (exact) mass is 247 g/mol. The van der Waals surface area contributed by atoms with Crippen LogP contribution in [0.1, 0.15) is 20.8 Å². The number of aromatic nitrogens is 2. The number of rotatable bonds is 5. The Labute approximate surface area is 108 Å². The van der Waals surface area contributed by atoms with E-state index in [0.717, 1.165) is 24.4 Å². The number of hydrogen-bond donors (Lipinski definition) is 2. The Morgan fingerprint density at radius 1 is 1.39 bits per heavy atom. The molecule has 1 atom stereocenters. The molecule has 0 aliphatic heterocycles. The average molecular weight is 247 g/mol. The molecule has 1 unspecified atom stereocenters. The Balaban J connectivity index is 2.24. The van der Waals surface area contributed by atoms with Gasteiger partial charge in [0.15, 0.2) is 5.82 Å². The van der Waals surface area contributed by atoms with E-state index in [0.29, 0.717) is 5.69 Å². The molecule has 2 aromatic rings. The van der Waals surface area contributed by atoms with Gasteiger partial charge in [-0.15, -0.1) is 5.10 Å². The second-order valence-corrected chi connectivity index (χ2v) is 4.33. The zero-order valence-electron chi connectivity index (χ0n) is 11.2. The molecule has 2 heterocycles. The minimum absolute atomic E-state index is 0.215. The van der Waals surface area contributed by atoms with Gasteiger partial charge in [-0.1, -0.05) is 19.9 Å². The first-order chi connectivity index (χ1) is 8.67. The standard InChI is InChI=1S/C13H21N5/c1-4-17(5-2)10(3)15-13-12(14)11-8-6-7-9-18(11)16-13/h6-10H,4-5,14H2,1-3H3,(H,15,16). The highest BCUT2D eigenvalue weighted by atomic mass is 15.3. The highest BCUT2D eigenvalue weighted by molar-refractivity contribution is 5.80. The highest BCUT2D eigenvalue weighted by Crippen LogP contribution is 2.23. The van der Waals surface area contributed by atoms with Gasteiger partial charge in [0.1, 0.15) is 5.69 Å². The molecular formula is C13H21N5. The van der Waals surface area contributed by atoms with E-state index in [-0.39, 0.29) is 6.17 Å². The summed E-state index contributed by atoms with van der Waals surface area (Å²) in [7, 11) is 0. The van der Waals surface area contributed by atoms with Crippen LogP contribution in [0.3, 0.4) is 0 Å². The van der Waals surface area contributed by atoms with Crippen molar-refractivity contribution in [3.05, 3.63) is 24.4 Å². The predicted molar refractivity (Wildman–Crippen MR) is 75.6 cm³/mol. The van der Waals surface area contributed by atoms with Crippen LogP contribution in [-0.2, 0) is 0 Å². The Hall–Kier alpha value is -1.75. The first kappa shape index (κ1) is 12.7. The molecule has 0 fully saturated rings. The van der Waals surface area contributed by atoms with E-state index in [9.17, 15) is 0 Å². The molecule has 98 valence electrons. The van der Waals surface area contributed by atoms with Gasteiger partial charge in [0.25, 0.3) is 0 Å². The van der Waals surface area contributed by atoms with Gasteiger partial charge in [-0.25, -0.2) is 4.52 Å². The first-order valence-corrected chi connectivity index (χ1v) is 6.40. The molecule has 0 amide bonds. The zero-order valence-corrected chi connectivity index (χ0v) is 11.2. The summed E-state index contributed by atoms with van der Waals surface area (Å²) in [5, 5.41) is 7.83. The Bertz CT molecular complexity index is 515. The third-order valence-electron chi connectivity index (χ3n) is 3.28. The average Bonchev–Trinajstić information content (AvgIpc) is 2.68. The van der Waals surface area contributed by atoms with Gasteiger partial charge in [-0.2, -0.15) is 0 Å². The molecule has 0 aromatic carbocycles. The van der Waals surface area contributed by atoms with Gasteiger partial charge in [0.05, 0.1) is 11.7 Å². The summed E-state index contributed by atoms with van der Waals surface area (Å²) < 4.78 is 1.80. The fraction of sp³-hybridized carbons (Fsp3) is 0.462. The molecular weight excluding hydrogens is 226 g/mol. The van der Waals surface area contributed by atoms with Crippen LogP contribution < -0.4 is 11.1 Å². The second kappa shape index (κ2) is 5.27. The van der Waals surface area contributed by atoms with Crippen molar-refractivity contribution >= 4 is 17.0 Å². The fourth-order valence-electron chi connectivity index (χ4n) is 2.18. The largest absolute Gasteiger partial charge is 0.394 e. The maximum atomic E-state index is 6.11. The number of anilines is 2. The van der Waals surface area contributed by atoms with E-state index in [2.05, 4.69) is 36.1 Å². The lowest BCUT2D eigenvalue weighted by Crippen LogP contribution is -2.38. The third kappa shape index (κ3) is 2.26. The molecule has 2 aromatic heterocycles. The van der Waals surface area contributed by atoms with E-state index in [1.165, 1.54) is 0 Å². The smallest absolute Gasteiger partial charge is 0.173 e. The molecule has 5 nitrogen and oxygen atoms in total. The normalized spacial score (nSPS) is 13.1. The van der Waals surface area contributed by atoms with Crippen LogP contribution in [0, 0.1) is 0 Å². The molecule has 2 rings (SSSR count). The summed E-state index contributed by atoms with van der Waals surface area (Å²) in [4.78, 5) is 2.31. The Morgan fingerprint density at radius 2 is 2.11 bits per heavy atom. The molecule has 5 heteroatoms. The predicted octanol–water partition coefficient (Wildman–Crippen LogP) is 2.02. The van der Waals surface area contributed by atoms with Crippen LogP contribution in [-0.4, -0.2) is 33.8 Å². The van der Waals surface area contributed by atoms with Gasteiger partial charge < -0.3 is 11.1 Å². The molecule has 3 N–H and O–H groups in total. The van der Waals surface area contributed by atoms with Crippen molar-refractivity contribution in [2.45, 2.75) is 26.9 Å². The molecule has 0 radical (unpaired) electrons. The van der Waals surface area contributed by atoms with Crippen molar-refractivity contribution in [2.75, 3.05) is 24.1 Å². The Morgan fingerprint density at radius 3 is 2.72 bits per heavy atom. The fourth-order valence-corrected chi connectivity index (χ4v) is 2.18. The topological polar surface area (TPSA) is 58.6 Å². The zero-order chi connectivity index (χ0) is 13.1. The van der Waals surface area contributed by atoms with Crippen LogP contribution in [0.4, 0.5) is 11.5 Å². The van der Waals surface area contributed by atoms with E-state index in [1.807, 2.05) is 24.4 Å². The van der Waals surface area contributed by atoms with Gasteiger partial charge in [-0.3, -0.25) is 4.90 Å². The number of nitrogens with two attached hydrogens (primary N) is 1. The van der Waals surface area contributed by atoms with Gasteiger partial charge in [0, 0.05) is 6.20 Å². The molecule has 0 saturated carbocycles. The number of hydrogen-bond acceptors (Lipinski definition) is 4. The van der Waals surface area contributed by atoms with E-state index < -0.39 is 0 Å². The molecule has 18 heavy (non-hydrogen) atoms. The van der Waals surface area contributed by atoms with Crippen molar-refractivity contribution in [3.63, 3.8) is 0 Å². The molecule has 0 bridgehead atoms. The van der Waals surface area contributed by atoms with Crippen LogP contribution in [0.5, 0.6) is 0 Å². The maximum Gasteiger partial charge on any atom is 0.173 e. The van der Waals surface area contributed by atoms with Crippen molar-refractivity contribution in [1.29, 1.82) is 0 Å². The number of nitrogen functional groups attached to an aromatic ring is 1. The lowest BCUT2D eigenvalue weighted by Gasteiger charge is -2.27. The number of fused-ring (bicyclic) bond motifs is 1. The van der Waals surface area contributed by atoms with Crippen molar-refractivity contribution in [2.24, 2.45) is 0 Å². The molecule has 0 aliphatic carbocycles. The number of nitrogens with zero attached hydrogens (tertiary/aromatic N) is 3. The lowest BCUT2D eigenvalue weighted by atomic mass is 10.3. The first-order valence-electron chi connectivity index (χ1n) is 6.40. The summed E-state index contributed by atoms with van der Waals surface area (Å²) in [6.07, 6.45) is 2.12. The van der Waals surface area contributed by atoms with Crippen LogP contribution >= 0.6 is 0 Å². The Kier molecular flexibility index (Phi) is 3.72. The molecule has 0 spiro atoms. The van der Waals surface area contributed by atoms with Crippen LogP contribution in [0.2, 0.25) is 0 Å². The SMILES string of the molecule is CCN(CC)C(C)Nc1nn2ccccc2c1N. The van der Waals surface area contributed by atoms with Gasteiger partial charge in [-0.05, 0) is 32.1 Å². The van der Waals surface area contributed by atoms with Crippen molar-refractivity contribution < 1.29 is 0 Å². The molecule has 0 saturated heterocycles. The molecule has 0 aliphatic rings.